The molecule has 0 heterocycles. The van der Waals surface area contributed by atoms with Gasteiger partial charge in [-0.05, 0) is 38.5 Å². The van der Waals surface area contributed by atoms with Crippen molar-refractivity contribution in [2.24, 2.45) is 0 Å². The quantitative estimate of drug-likeness (QED) is 0.614. The monoisotopic (exact) mass is 311 g/mol. The molecule has 2 atom stereocenters. The summed E-state index contributed by atoms with van der Waals surface area (Å²) in [6.07, 6.45) is -3.31. The molecule has 7 heteroatoms. The van der Waals surface area contributed by atoms with Gasteiger partial charge in [0.2, 0.25) is 6.23 Å². The van der Waals surface area contributed by atoms with E-state index in [-0.39, 0.29) is 6.47 Å². The van der Waals surface area contributed by atoms with Gasteiger partial charge < -0.3 is 19.3 Å². The van der Waals surface area contributed by atoms with Gasteiger partial charge in [-0.15, -0.1) is 0 Å². The van der Waals surface area contributed by atoms with Gasteiger partial charge in [0.05, 0.1) is 7.11 Å². The average molecular weight is 311 g/mol. The van der Waals surface area contributed by atoms with E-state index in [1.165, 1.54) is 7.11 Å². The van der Waals surface area contributed by atoms with E-state index in [1.54, 1.807) is 45.0 Å². The summed E-state index contributed by atoms with van der Waals surface area (Å²) >= 11 is 0. The van der Waals surface area contributed by atoms with Crippen LogP contribution >= 0.6 is 0 Å². The third-order valence-electron chi connectivity index (χ3n) is 2.61. The van der Waals surface area contributed by atoms with Crippen molar-refractivity contribution >= 4 is 12.6 Å². The van der Waals surface area contributed by atoms with E-state index in [0.29, 0.717) is 11.3 Å². The Bertz CT molecular complexity index is 494. The Morgan fingerprint density at radius 1 is 1.27 bits per heavy atom. The van der Waals surface area contributed by atoms with Crippen molar-refractivity contribution in [1.82, 2.24) is 5.32 Å². The predicted octanol–water partition coefficient (Wildman–Crippen LogP) is 1.75. The molecule has 0 fully saturated rings. The molecule has 0 radical (unpaired) electrons. The fraction of sp³-hybridized carbons (Fsp3) is 0.467. The lowest BCUT2D eigenvalue weighted by Gasteiger charge is -2.25. The van der Waals surface area contributed by atoms with Crippen molar-refractivity contribution < 1.29 is 28.9 Å². The molecule has 0 bridgehead atoms. The third-order valence-corrected chi connectivity index (χ3v) is 2.61. The Morgan fingerprint density at radius 3 is 2.32 bits per heavy atom. The average Bonchev–Trinajstić information content (AvgIpc) is 2.44. The molecule has 0 saturated heterocycles. The van der Waals surface area contributed by atoms with Gasteiger partial charge in [0.15, 0.2) is 0 Å². The Hall–Kier alpha value is -2.28. The standard InChI is InChI=1S/C15H21NO6/c1-15(2,3)22-14(19)16-13(21-9-17)12(18)10-5-7-11(20-4)8-6-10/h5-9,12-13,18H,1-4H3,(H,16,19)/t12-,13-/m1/s1. The molecule has 0 saturated carbocycles. The molecule has 7 nitrogen and oxygen atoms in total. The SMILES string of the molecule is COc1ccc([C@@H](O)[C@H](NC(=O)OC(C)(C)C)OC=O)cc1. The van der Waals surface area contributed by atoms with Gasteiger partial charge in [0.25, 0.3) is 6.47 Å². The van der Waals surface area contributed by atoms with Gasteiger partial charge in [0, 0.05) is 0 Å². The molecule has 1 aromatic carbocycles. The number of carbonyl (C=O) groups excluding carboxylic acids is 2. The van der Waals surface area contributed by atoms with Crippen LogP contribution in [-0.2, 0) is 14.3 Å². The van der Waals surface area contributed by atoms with E-state index in [0.717, 1.165) is 0 Å². The zero-order valence-corrected chi connectivity index (χ0v) is 13.0. The summed E-state index contributed by atoms with van der Waals surface area (Å²) in [5, 5.41) is 12.5. The number of carbonyl (C=O) groups is 2. The highest BCUT2D eigenvalue weighted by molar-refractivity contribution is 5.68. The Labute approximate surface area is 129 Å². The number of nitrogens with one attached hydrogen (secondary N) is 1. The summed E-state index contributed by atoms with van der Waals surface area (Å²) < 4.78 is 14.8. The Balaban J connectivity index is 2.79. The zero-order chi connectivity index (χ0) is 16.8. The van der Waals surface area contributed by atoms with E-state index in [1.807, 2.05) is 0 Å². The van der Waals surface area contributed by atoms with Gasteiger partial charge in [-0.2, -0.15) is 0 Å². The van der Waals surface area contributed by atoms with Crippen molar-refractivity contribution in [3.8, 4) is 5.75 Å². The van der Waals surface area contributed by atoms with Crippen LogP contribution in [0.4, 0.5) is 4.79 Å². The second-order valence-corrected chi connectivity index (χ2v) is 5.52. The first-order chi connectivity index (χ1) is 10.3. The minimum Gasteiger partial charge on any atom is -0.497 e. The summed E-state index contributed by atoms with van der Waals surface area (Å²) in [6, 6.07) is 6.48. The highest BCUT2D eigenvalue weighted by atomic mass is 16.6. The summed E-state index contributed by atoms with van der Waals surface area (Å²) in [5.74, 6) is 0.615. The number of aliphatic hydroxyl groups is 1. The molecule has 22 heavy (non-hydrogen) atoms. The van der Waals surface area contributed by atoms with Crippen LogP contribution in [0.2, 0.25) is 0 Å². The first-order valence-corrected chi connectivity index (χ1v) is 6.67. The summed E-state index contributed by atoms with van der Waals surface area (Å²) in [5.41, 5.74) is -0.260. The van der Waals surface area contributed by atoms with Crippen LogP contribution in [0.3, 0.4) is 0 Å². The lowest BCUT2D eigenvalue weighted by molar-refractivity contribution is -0.141. The van der Waals surface area contributed by atoms with E-state index < -0.39 is 24.0 Å². The van der Waals surface area contributed by atoms with E-state index in [2.05, 4.69) is 5.32 Å². The Morgan fingerprint density at radius 2 is 1.86 bits per heavy atom. The van der Waals surface area contributed by atoms with Gasteiger partial charge in [0.1, 0.15) is 17.5 Å². The van der Waals surface area contributed by atoms with Crippen molar-refractivity contribution in [1.29, 1.82) is 0 Å². The van der Waals surface area contributed by atoms with E-state index in [4.69, 9.17) is 14.2 Å². The largest absolute Gasteiger partial charge is 0.497 e. The predicted molar refractivity (Wildman–Crippen MR) is 78.3 cm³/mol. The van der Waals surface area contributed by atoms with E-state index >= 15 is 0 Å². The fourth-order valence-corrected chi connectivity index (χ4v) is 1.65. The molecule has 0 spiro atoms. The van der Waals surface area contributed by atoms with Gasteiger partial charge in [-0.1, -0.05) is 12.1 Å². The second-order valence-electron chi connectivity index (χ2n) is 5.52. The van der Waals surface area contributed by atoms with Crippen LogP contribution < -0.4 is 10.1 Å². The van der Waals surface area contributed by atoms with Crippen LogP contribution in [0.25, 0.3) is 0 Å². The molecule has 1 aromatic rings. The number of alkyl carbamates (subject to hydrolysis) is 1. The van der Waals surface area contributed by atoms with E-state index in [9.17, 15) is 14.7 Å². The van der Waals surface area contributed by atoms with Crippen LogP contribution in [0.1, 0.15) is 32.4 Å². The van der Waals surface area contributed by atoms with Gasteiger partial charge >= 0.3 is 6.09 Å². The van der Waals surface area contributed by atoms with Gasteiger partial charge in [-0.25, -0.2) is 4.79 Å². The van der Waals surface area contributed by atoms with Crippen LogP contribution in [0, 0.1) is 0 Å². The summed E-state index contributed by atoms with van der Waals surface area (Å²) in [6.45, 7) is 5.24. The summed E-state index contributed by atoms with van der Waals surface area (Å²) in [7, 11) is 1.52. The number of hydrogen-bond donors (Lipinski definition) is 2. The van der Waals surface area contributed by atoms with Crippen molar-refractivity contribution in [2.45, 2.75) is 38.7 Å². The third kappa shape index (κ3) is 5.61. The first kappa shape index (κ1) is 17.8. The number of methoxy groups -OCH3 is 1. The molecule has 0 aliphatic carbocycles. The number of benzene rings is 1. The first-order valence-electron chi connectivity index (χ1n) is 6.67. The minimum atomic E-state index is -1.26. The number of hydrogen-bond acceptors (Lipinski definition) is 6. The number of ether oxygens (including phenoxy) is 3. The van der Waals surface area contributed by atoms with Crippen LogP contribution in [0.15, 0.2) is 24.3 Å². The molecule has 0 aliphatic rings. The molecule has 0 aromatic heterocycles. The fourth-order valence-electron chi connectivity index (χ4n) is 1.65. The molecular weight excluding hydrogens is 290 g/mol. The lowest BCUT2D eigenvalue weighted by atomic mass is 10.1. The summed E-state index contributed by atoms with van der Waals surface area (Å²) in [4.78, 5) is 22.3. The number of rotatable bonds is 6. The Kier molecular flexibility index (Phi) is 6.18. The number of amides is 1. The maximum atomic E-state index is 11.7. The smallest absolute Gasteiger partial charge is 0.410 e. The van der Waals surface area contributed by atoms with Crippen molar-refractivity contribution in [3.05, 3.63) is 29.8 Å². The van der Waals surface area contributed by atoms with Gasteiger partial charge in [-0.3, -0.25) is 10.1 Å². The molecule has 1 amide bonds. The second kappa shape index (κ2) is 7.65. The van der Waals surface area contributed by atoms with Crippen LogP contribution in [-0.4, -0.2) is 36.6 Å². The minimum absolute atomic E-state index is 0.148. The van der Waals surface area contributed by atoms with Crippen molar-refractivity contribution in [2.75, 3.05) is 7.11 Å². The maximum absolute atomic E-state index is 11.7. The molecular formula is C15H21NO6. The molecule has 0 unspecified atom stereocenters. The molecule has 1 rings (SSSR count). The normalized spacial score (nSPS) is 13.7. The zero-order valence-electron chi connectivity index (χ0n) is 13.0. The molecule has 2 N–H and O–H groups in total. The number of aliphatic hydroxyl groups excluding tert-OH is 1. The van der Waals surface area contributed by atoms with Crippen molar-refractivity contribution in [3.63, 3.8) is 0 Å². The topological polar surface area (TPSA) is 94.1 Å². The van der Waals surface area contributed by atoms with Crippen LogP contribution in [0.5, 0.6) is 5.75 Å². The maximum Gasteiger partial charge on any atom is 0.410 e. The highest BCUT2D eigenvalue weighted by Crippen LogP contribution is 2.21. The molecule has 122 valence electrons. The lowest BCUT2D eigenvalue weighted by Crippen LogP contribution is -2.43. The molecule has 0 aliphatic heterocycles. The highest BCUT2D eigenvalue weighted by Gasteiger charge is 2.27.